The highest BCUT2D eigenvalue weighted by Crippen LogP contribution is 2.34. The van der Waals surface area contributed by atoms with E-state index >= 15 is 0 Å². The number of nitrogens with two attached hydrogens (primary N) is 1. The number of rotatable bonds is 5. The predicted molar refractivity (Wildman–Crippen MR) is 105 cm³/mol. The van der Waals surface area contributed by atoms with Gasteiger partial charge in [0.05, 0.1) is 5.56 Å². The van der Waals surface area contributed by atoms with Gasteiger partial charge in [-0.2, -0.15) is 0 Å². The fraction of sp³-hybridized carbons (Fsp3) is 0.0455. The molecule has 4 nitrogen and oxygen atoms in total. The Morgan fingerprint density at radius 1 is 1.00 bits per heavy atom. The molecular weight excluding hydrogens is 324 g/mol. The Bertz CT molecular complexity index is 1070. The molecule has 0 spiro atoms. The van der Waals surface area contributed by atoms with Gasteiger partial charge >= 0.3 is 0 Å². The minimum absolute atomic E-state index is 0.398. The third kappa shape index (κ3) is 3.05. The summed E-state index contributed by atoms with van der Waals surface area (Å²) in [4.78, 5) is 4.65. The van der Waals surface area contributed by atoms with Crippen molar-refractivity contribution in [2.45, 2.75) is 0 Å². The third-order valence-corrected chi connectivity index (χ3v) is 4.09. The van der Waals surface area contributed by atoms with Crippen LogP contribution in [0.2, 0.25) is 0 Å². The van der Waals surface area contributed by atoms with Crippen LogP contribution in [0.25, 0.3) is 33.7 Å². The summed E-state index contributed by atoms with van der Waals surface area (Å²) >= 11 is 0. The molecule has 0 fully saturated rings. The van der Waals surface area contributed by atoms with Gasteiger partial charge in [-0.05, 0) is 41.5 Å². The highest BCUT2D eigenvalue weighted by molar-refractivity contribution is 5.83. The molecule has 0 aliphatic rings. The van der Waals surface area contributed by atoms with Gasteiger partial charge in [-0.15, -0.1) is 0 Å². The van der Waals surface area contributed by atoms with Gasteiger partial charge in [-0.3, -0.25) is 0 Å². The quantitative estimate of drug-likeness (QED) is 0.394. The highest BCUT2D eigenvalue weighted by atomic mass is 16.5. The zero-order valence-electron chi connectivity index (χ0n) is 14.2. The molecule has 0 bridgehead atoms. The Hall–Kier alpha value is -3.53. The Morgan fingerprint density at radius 3 is 2.65 bits per heavy atom. The lowest BCUT2D eigenvalue weighted by Gasteiger charge is -2.08. The number of nitrogens with zero attached hydrogens (tertiary/aromatic N) is 1. The molecule has 4 aromatic rings. The summed E-state index contributed by atoms with van der Waals surface area (Å²) in [6, 6.07) is 21.6. The fourth-order valence-electron chi connectivity index (χ4n) is 2.84. The molecule has 1 heterocycles. The van der Waals surface area contributed by atoms with Crippen LogP contribution in [-0.2, 0) is 0 Å². The van der Waals surface area contributed by atoms with Crippen LogP contribution in [0.4, 0.5) is 5.69 Å². The molecule has 0 amide bonds. The number of aromatic nitrogens is 1. The first kappa shape index (κ1) is 16.0. The van der Waals surface area contributed by atoms with Crippen molar-refractivity contribution >= 4 is 16.8 Å². The normalized spacial score (nSPS) is 10.8. The molecule has 0 radical (unpaired) electrons. The minimum atomic E-state index is 0.398. The van der Waals surface area contributed by atoms with E-state index in [1.165, 1.54) is 0 Å². The van der Waals surface area contributed by atoms with Gasteiger partial charge in [0.1, 0.15) is 17.9 Å². The highest BCUT2D eigenvalue weighted by Gasteiger charge is 2.14. The summed E-state index contributed by atoms with van der Waals surface area (Å²) in [7, 11) is 0. The second-order valence-corrected chi connectivity index (χ2v) is 5.92. The third-order valence-electron chi connectivity index (χ3n) is 4.09. The van der Waals surface area contributed by atoms with Crippen molar-refractivity contribution in [3.63, 3.8) is 0 Å². The second kappa shape index (κ2) is 6.76. The lowest BCUT2D eigenvalue weighted by Crippen LogP contribution is -1.96. The Balaban J connectivity index is 1.79. The second-order valence-electron chi connectivity index (χ2n) is 5.92. The summed E-state index contributed by atoms with van der Waals surface area (Å²) in [5.41, 5.74) is 11.0. The standard InChI is InChI=1S/C22H18N2O2/c1-2-12-25-20-11-9-17(23)14-18(20)22-24-19-13-16(8-10-21(19)26-22)15-6-4-3-5-7-15/h2-11,13-14H,1,12,23H2. The number of hydrogen-bond acceptors (Lipinski definition) is 4. The van der Waals surface area contributed by atoms with E-state index in [0.29, 0.717) is 23.9 Å². The van der Waals surface area contributed by atoms with Crippen LogP contribution in [0.3, 0.4) is 0 Å². The van der Waals surface area contributed by atoms with E-state index in [4.69, 9.17) is 14.9 Å². The van der Waals surface area contributed by atoms with E-state index in [2.05, 4.69) is 23.7 Å². The molecule has 0 atom stereocenters. The van der Waals surface area contributed by atoms with E-state index in [9.17, 15) is 0 Å². The molecule has 4 heteroatoms. The lowest BCUT2D eigenvalue weighted by atomic mass is 10.1. The van der Waals surface area contributed by atoms with Gasteiger partial charge in [0.2, 0.25) is 5.89 Å². The molecular formula is C22H18N2O2. The Kier molecular flexibility index (Phi) is 4.15. The van der Waals surface area contributed by atoms with Gasteiger partial charge in [0.25, 0.3) is 0 Å². The van der Waals surface area contributed by atoms with E-state index in [0.717, 1.165) is 27.8 Å². The van der Waals surface area contributed by atoms with Crippen molar-refractivity contribution in [1.29, 1.82) is 0 Å². The lowest BCUT2D eigenvalue weighted by molar-refractivity contribution is 0.363. The number of hydrogen-bond donors (Lipinski definition) is 1. The molecule has 0 aliphatic heterocycles. The number of fused-ring (bicyclic) bond motifs is 1. The van der Waals surface area contributed by atoms with Crippen molar-refractivity contribution in [2.75, 3.05) is 12.3 Å². The Labute approximate surface area is 151 Å². The first-order valence-electron chi connectivity index (χ1n) is 8.34. The maximum Gasteiger partial charge on any atom is 0.231 e. The molecule has 0 aliphatic carbocycles. The Morgan fingerprint density at radius 2 is 1.85 bits per heavy atom. The number of oxazole rings is 1. The van der Waals surface area contributed by atoms with Crippen LogP contribution in [0.1, 0.15) is 0 Å². The molecule has 1 aromatic heterocycles. The SMILES string of the molecule is C=CCOc1ccc(N)cc1-c1nc2cc(-c3ccccc3)ccc2o1. The van der Waals surface area contributed by atoms with Crippen LogP contribution in [0, 0.1) is 0 Å². The van der Waals surface area contributed by atoms with Crippen LogP contribution in [0.15, 0.2) is 83.8 Å². The van der Waals surface area contributed by atoms with Gasteiger partial charge in [0.15, 0.2) is 5.58 Å². The van der Waals surface area contributed by atoms with Crippen molar-refractivity contribution < 1.29 is 9.15 Å². The maximum absolute atomic E-state index is 5.95. The zero-order chi connectivity index (χ0) is 17.9. The predicted octanol–water partition coefficient (Wildman–Crippen LogP) is 5.31. The van der Waals surface area contributed by atoms with Gasteiger partial charge < -0.3 is 14.9 Å². The number of benzene rings is 3. The van der Waals surface area contributed by atoms with Crippen molar-refractivity contribution in [1.82, 2.24) is 4.98 Å². The van der Waals surface area contributed by atoms with Crippen molar-refractivity contribution in [3.05, 3.63) is 79.4 Å². The van der Waals surface area contributed by atoms with Crippen LogP contribution in [-0.4, -0.2) is 11.6 Å². The summed E-state index contributed by atoms with van der Waals surface area (Å²) in [5.74, 6) is 1.14. The summed E-state index contributed by atoms with van der Waals surface area (Å²) in [5, 5.41) is 0. The number of anilines is 1. The maximum atomic E-state index is 5.95. The molecule has 4 rings (SSSR count). The first-order chi connectivity index (χ1) is 12.7. The topological polar surface area (TPSA) is 61.3 Å². The largest absolute Gasteiger partial charge is 0.489 e. The number of nitrogen functional groups attached to an aromatic ring is 1. The minimum Gasteiger partial charge on any atom is -0.489 e. The zero-order valence-corrected chi connectivity index (χ0v) is 14.2. The van der Waals surface area contributed by atoms with E-state index in [-0.39, 0.29) is 0 Å². The van der Waals surface area contributed by atoms with Crippen molar-refractivity contribution in [2.24, 2.45) is 0 Å². The molecule has 26 heavy (non-hydrogen) atoms. The summed E-state index contributed by atoms with van der Waals surface area (Å²) in [6.07, 6.45) is 1.69. The van der Waals surface area contributed by atoms with Gasteiger partial charge in [0, 0.05) is 5.69 Å². The van der Waals surface area contributed by atoms with E-state index < -0.39 is 0 Å². The average molecular weight is 342 g/mol. The van der Waals surface area contributed by atoms with E-state index in [1.54, 1.807) is 18.2 Å². The first-order valence-corrected chi connectivity index (χ1v) is 8.34. The average Bonchev–Trinajstić information content (AvgIpc) is 3.11. The molecule has 0 saturated carbocycles. The van der Waals surface area contributed by atoms with Crippen LogP contribution < -0.4 is 10.5 Å². The van der Waals surface area contributed by atoms with Gasteiger partial charge in [-0.1, -0.05) is 49.1 Å². The summed E-state index contributed by atoms with van der Waals surface area (Å²) < 4.78 is 11.7. The molecule has 2 N–H and O–H groups in total. The van der Waals surface area contributed by atoms with Crippen LogP contribution in [0.5, 0.6) is 5.75 Å². The van der Waals surface area contributed by atoms with Crippen LogP contribution >= 0.6 is 0 Å². The smallest absolute Gasteiger partial charge is 0.231 e. The molecule has 128 valence electrons. The molecule has 3 aromatic carbocycles. The summed E-state index contributed by atoms with van der Waals surface area (Å²) in [6.45, 7) is 4.08. The van der Waals surface area contributed by atoms with E-state index in [1.807, 2.05) is 42.5 Å². The van der Waals surface area contributed by atoms with Crippen molar-refractivity contribution in [3.8, 4) is 28.3 Å². The molecule has 0 unspecified atom stereocenters. The number of ether oxygens (including phenoxy) is 1. The molecule has 0 saturated heterocycles. The monoisotopic (exact) mass is 342 g/mol. The van der Waals surface area contributed by atoms with Gasteiger partial charge in [-0.25, -0.2) is 4.98 Å². The fourth-order valence-corrected chi connectivity index (χ4v) is 2.84.